The van der Waals surface area contributed by atoms with E-state index in [4.69, 9.17) is 23.1 Å². The fraction of sp³-hybridized carbons (Fsp3) is 0.286. The smallest absolute Gasteiger partial charge is 0.185 e. The minimum absolute atomic E-state index is 0.137. The number of nitrogens with two attached hydrogens (primary N) is 2. The first-order valence-corrected chi connectivity index (χ1v) is 4.67. The van der Waals surface area contributed by atoms with Gasteiger partial charge in [-0.2, -0.15) is 0 Å². The van der Waals surface area contributed by atoms with Gasteiger partial charge in [0, 0.05) is 17.8 Å². The molecule has 0 fully saturated rings. The predicted octanol–water partition coefficient (Wildman–Crippen LogP) is 1.22. The van der Waals surface area contributed by atoms with Crippen LogP contribution in [0, 0.1) is 0 Å². The number of halogens is 1. The highest BCUT2D eigenvalue weighted by Crippen LogP contribution is 2.21. The van der Waals surface area contributed by atoms with Crippen LogP contribution in [0.25, 0.3) is 0 Å². The Hall–Kier alpha value is -0.740. The van der Waals surface area contributed by atoms with Crippen molar-refractivity contribution in [3.63, 3.8) is 0 Å². The molecule has 1 heterocycles. The Morgan fingerprint density at radius 1 is 1.50 bits per heavy atom. The lowest BCUT2D eigenvalue weighted by Crippen LogP contribution is -2.23. The molecule has 4 N–H and O–H groups in total. The van der Waals surface area contributed by atoms with Crippen LogP contribution in [0.4, 0.5) is 0 Å². The van der Waals surface area contributed by atoms with Crippen LogP contribution in [-0.4, -0.2) is 12.5 Å². The van der Waals surface area contributed by atoms with E-state index in [9.17, 15) is 0 Å². The maximum absolute atomic E-state index is 5.74. The van der Waals surface area contributed by atoms with Gasteiger partial charge in [-0.3, -0.25) is 4.99 Å². The fourth-order valence-corrected chi connectivity index (χ4v) is 1.86. The largest absolute Gasteiger partial charge is 0.370 e. The highest BCUT2D eigenvalue weighted by Gasteiger charge is 1.96. The summed E-state index contributed by atoms with van der Waals surface area (Å²) in [6.07, 6.45) is 0.843. The van der Waals surface area contributed by atoms with E-state index in [1.807, 2.05) is 12.1 Å². The van der Waals surface area contributed by atoms with Crippen molar-refractivity contribution in [1.82, 2.24) is 0 Å². The molecule has 0 amide bonds. The third-order valence-electron chi connectivity index (χ3n) is 1.28. The first kappa shape index (κ1) is 9.35. The monoisotopic (exact) mass is 203 g/mol. The van der Waals surface area contributed by atoms with E-state index in [-0.39, 0.29) is 5.96 Å². The number of thiophene rings is 1. The van der Waals surface area contributed by atoms with Gasteiger partial charge in [0.15, 0.2) is 5.96 Å². The summed E-state index contributed by atoms with van der Waals surface area (Å²) in [7, 11) is 0. The van der Waals surface area contributed by atoms with Crippen LogP contribution in [0.5, 0.6) is 0 Å². The molecule has 1 aromatic rings. The van der Waals surface area contributed by atoms with E-state index in [0.29, 0.717) is 6.54 Å². The zero-order valence-electron chi connectivity index (χ0n) is 6.46. The van der Waals surface area contributed by atoms with Crippen molar-refractivity contribution in [1.29, 1.82) is 0 Å². The standard InChI is InChI=1S/C7H10ClN3S/c8-6-2-1-5(12-6)3-4-11-7(9)10/h1-2H,3-4H2,(H4,9,10,11). The fourth-order valence-electron chi connectivity index (χ4n) is 0.781. The number of nitrogens with zero attached hydrogens (tertiary/aromatic N) is 1. The Morgan fingerprint density at radius 2 is 2.25 bits per heavy atom. The lowest BCUT2D eigenvalue weighted by Gasteiger charge is -1.92. The van der Waals surface area contributed by atoms with Crippen LogP contribution in [0.2, 0.25) is 4.34 Å². The minimum atomic E-state index is 0.137. The first-order valence-electron chi connectivity index (χ1n) is 3.48. The third kappa shape index (κ3) is 3.11. The third-order valence-corrected chi connectivity index (χ3v) is 2.57. The van der Waals surface area contributed by atoms with E-state index in [2.05, 4.69) is 4.99 Å². The van der Waals surface area contributed by atoms with E-state index < -0.39 is 0 Å². The molecule has 0 aliphatic rings. The molecule has 0 aliphatic carbocycles. The molecule has 0 atom stereocenters. The average molecular weight is 204 g/mol. The summed E-state index contributed by atoms with van der Waals surface area (Å²) >= 11 is 7.29. The quantitative estimate of drug-likeness (QED) is 0.573. The van der Waals surface area contributed by atoms with Crippen LogP contribution < -0.4 is 11.5 Å². The zero-order chi connectivity index (χ0) is 8.97. The Morgan fingerprint density at radius 3 is 2.75 bits per heavy atom. The van der Waals surface area contributed by atoms with Crippen molar-refractivity contribution in [3.8, 4) is 0 Å². The second-order valence-corrected chi connectivity index (χ2v) is 4.06. The maximum atomic E-state index is 5.74. The van der Waals surface area contributed by atoms with Crippen molar-refractivity contribution < 1.29 is 0 Å². The van der Waals surface area contributed by atoms with E-state index >= 15 is 0 Å². The number of rotatable bonds is 3. The van der Waals surface area contributed by atoms with Gasteiger partial charge in [0.2, 0.25) is 0 Å². The molecule has 1 rings (SSSR count). The van der Waals surface area contributed by atoms with Gasteiger partial charge in [0.25, 0.3) is 0 Å². The molecular formula is C7H10ClN3S. The van der Waals surface area contributed by atoms with Crippen LogP contribution >= 0.6 is 22.9 Å². The summed E-state index contributed by atoms with van der Waals surface area (Å²) in [6.45, 7) is 0.624. The normalized spacial score (nSPS) is 9.75. The molecule has 0 saturated heterocycles. The molecule has 0 aromatic carbocycles. The maximum Gasteiger partial charge on any atom is 0.185 e. The van der Waals surface area contributed by atoms with Crippen molar-refractivity contribution in [3.05, 3.63) is 21.3 Å². The van der Waals surface area contributed by atoms with Crippen molar-refractivity contribution in [2.75, 3.05) is 6.54 Å². The molecule has 12 heavy (non-hydrogen) atoms. The minimum Gasteiger partial charge on any atom is -0.370 e. The summed E-state index contributed by atoms with van der Waals surface area (Å²) in [5.74, 6) is 0.137. The van der Waals surface area contributed by atoms with Gasteiger partial charge < -0.3 is 11.5 Å². The molecule has 1 aromatic heterocycles. The van der Waals surface area contributed by atoms with Gasteiger partial charge in [-0.05, 0) is 12.1 Å². The van der Waals surface area contributed by atoms with Gasteiger partial charge in [-0.1, -0.05) is 11.6 Å². The second-order valence-electron chi connectivity index (χ2n) is 2.26. The van der Waals surface area contributed by atoms with Crippen molar-refractivity contribution in [2.24, 2.45) is 16.5 Å². The molecule has 0 spiro atoms. The molecule has 5 heteroatoms. The lowest BCUT2D eigenvalue weighted by molar-refractivity contribution is 0.981. The Bertz CT molecular complexity index is 278. The number of hydrogen-bond donors (Lipinski definition) is 2. The van der Waals surface area contributed by atoms with Gasteiger partial charge in [-0.25, -0.2) is 0 Å². The zero-order valence-corrected chi connectivity index (χ0v) is 8.03. The predicted molar refractivity (Wildman–Crippen MR) is 53.7 cm³/mol. The molecule has 3 nitrogen and oxygen atoms in total. The second kappa shape index (κ2) is 4.33. The molecule has 0 unspecified atom stereocenters. The van der Waals surface area contributed by atoms with Gasteiger partial charge in [0.05, 0.1) is 4.34 Å². The first-order chi connectivity index (χ1) is 5.68. The van der Waals surface area contributed by atoms with Gasteiger partial charge in [-0.15, -0.1) is 11.3 Å². The van der Waals surface area contributed by atoms with Gasteiger partial charge in [0.1, 0.15) is 0 Å². The van der Waals surface area contributed by atoms with E-state index in [1.165, 1.54) is 4.88 Å². The summed E-state index contributed by atoms with van der Waals surface area (Å²) in [5, 5.41) is 0. The van der Waals surface area contributed by atoms with Crippen LogP contribution in [0.15, 0.2) is 17.1 Å². The topological polar surface area (TPSA) is 64.4 Å². The summed E-state index contributed by atoms with van der Waals surface area (Å²) in [6, 6.07) is 3.85. The lowest BCUT2D eigenvalue weighted by atomic mass is 10.3. The summed E-state index contributed by atoms with van der Waals surface area (Å²) in [4.78, 5) is 5.06. The SMILES string of the molecule is NC(N)=NCCc1ccc(Cl)s1. The number of aliphatic imine (C=N–C) groups is 1. The molecule has 0 bridgehead atoms. The van der Waals surface area contributed by atoms with Crippen molar-refractivity contribution in [2.45, 2.75) is 6.42 Å². The highest BCUT2D eigenvalue weighted by molar-refractivity contribution is 7.16. The number of guanidine groups is 1. The van der Waals surface area contributed by atoms with Crippen LogP contribution in [0.3, 0.4) is 0 Å². The Balaban J connectivity index is 2.38. The van der Waals surface area contributed by atoms with Crippen molar-refractivity contribution >= 4 is 28.9 Å². The number of hydrogen-bond acceptors (Lipinski definition) is 2. The average Bonchev–Trinajstić information content (AvgIpc) is 2.35. The van der Waals surface area contributed by atoms with E-state index in [1.54, 1.807) is 11.3 Å². The van der Waals surface area contributed by atoms with Crippen LogP contribution in [-0.2, 0) is 6.42 Å². The molecule has 0 saturated carbocycles. The van der Waals surface area contributed by atoms with Gasteiger partial charge >= 0.3 is 0 Å². The highest BCUT2D eigenvalue weighted by atomic mass is 35.5. The Labute approximate surface area is 80.0 Å². The summed E-state index contributed by atoms with van der Waals surface area (Å²) < 4.78 is 0.801. The molecule has 0 aliphatic heterocycles. The molecule has 66 valence electrons. The van der Waals surface area contributed by atoms with E-state index in [0.717, 1.165) is 10.8 Å². The van der Waals surface area contributed by atoms with Crippen LogP contribution in [0.1, 0.15) is 4.88 Å². The molecule has 0 radical (unpaired) electrons. The summed E-state index contributed by atoms with van der Waals surface area (Å²) in [5.41, 5.74) is 10.3. The Kier molecular flexibility index (Phi) is 3.37. The molecular weight excluding hydrogens is 194 g/mol.